The number of amides is 1. The largest absolute Gasteiger partial charge is 0.508 e. The minimum absolute atomic E-state index is 0.144. The molecule has 1 aromatic carbocycles. The van der Waals surface area contributed by atoms with Gasteiger partial charge in [0.15, 0.2) is 0 Å². The Kier molecular flexibility index (Phi) is 3.19. The molecule has 0 saturated carbocycles. The summed E-state index contributed by atoms with van der Waals surface area (Å²) in [6.07, 6.45) is 3.61. The Hall–Kier alpha value is -1.55. The van der Waals surface area contributed by atoms with E-state index in [4.69, 9.17) is 0 Å². The van der Waals surface area contributed by atoms with Crippen LogP contribution < -0.4 is 0 Å². The predicted octanol–water partition coefficient (Wildman–Crippen LogP) is 1.45. The first kappa shape index (κ1) is 12.5. The second-order valence-corrected chi connectivity index (χ2v) is 5.65. The molecule has 2 saturated heterocycles. The van der Waals surface area contributed by atoms with Crippen molar-refractivity contribution in [3.05, 3.63) is 29.8 Å². The standard InChI is InChI=1S/C15H19NO3/c17-13-5-1-10(2-6-13)7-15(19)16-11-3-4-12(16)9-14(18)8-11/h1-2,5-6,11-12,14,17-18H,3-4,7-9H2. The van der Waals surface area contributed by atoms with Gasteiger partial charge in [0.2, 0.25) is 5.91 Å². The molecule has 102 valence electrons. The lowest BCUT2D eigenvalue weighted by molar-refractivity contribution is -0.136. The van der Waals surface area contributed by atoms with Crippen LogP contribution in [0.4, 0.5) is 0 Å². The van der Waals surface area contributed by atoms with E-state index in [1.807, 2.05) is 4.90 Å². The van der Waals surface area contributed by atoms with Crippen molar-refractivity contribution in [1.29, 1.82) is 0 Å². The Morgan fingerprint density at radius 2 is 1.74 bits per heavy atom. The van der Waals surface area contributed by atoms with Crippen molar-refractivity contribution in [3.63, 3.8) is 0 Å². The summed E-state index contributed by atoms with van der Waals surface area (Å²) in [5, 5.41) is 19.0. The number of aromatic hydroxyl groups is 1. The Morgan fingerprint density at radius 1 is 1.16 bits per heavy atom. The van der Waals surface area contributed by atoms with Gasteiger partial charge in [0.05, 0.1) is 12.5 Å². The summed E-state index contributed by atoms with van der Waals surface area (Å²) < 4.78 is 0. The molecular formula is C15H19NO3. The Balaban J connectivity index is 1.69. The number of nitrogens with zero attached hydrogens (tertiary/aromatic N) is 1. The van der Waals surface area contributed by atoms with Gasteiger partial charge in [-0.15, -0.1) is 0 Å². The first-order valence-corrected chi connectivity index (χ1v) is 6.90. The van der Waals surface area contributed by atoms with Crippen molar-refractivity contribution < 1.29 is 15.0 Å². The quantitative estimate of drug-likeness (QED) is 0.847. The highest BCUT2D eigenvalue weighted by Crippen LogP contribution is 2.36. The number of hydrogen-bond acceptors (Lipinski definition) is 3. The summed E-state index contributed by atoms with van der Waals surface area (Å²) in [6, 6.07) is 7.23. The Bertz CT molecular complexity index is 457. The fraction of sp³-hybridized carbons (Fsp3) is 0.533. The lowest BCUT2D eigenvalue weighted by Gasteiger charge is -2.37. The third-order valence-electron chi connectivity index (χ3n) is 4.29. The van der Waals surface area contributed by atoms with E-state index < -0.39 is 0 Å². The Morgan fingerprint density at radius 3 is 2.32 bits per heavy atom. The van der Waals surface area contributed by atoms with Crippen LogP contribution in [0.2, 0.25) is 0 Å². The number of hydrogen-bond donors (Lipinski definition) is 2. The van der Waals surface area contributed by atoms with Crippen LogP contribution in [-0.4, -0.2) is 39.2 Å². The monoisotopic (exact) mass is 261 g/mol. The molecule has 2 aliphatic heterocycles. The van der Waals surface area contributed by atoms with Gasteiger partial charge < -0.3 is 15.1 Å². The van der Waals surface area contributed by atoms with E-state index in [1.54, 1.807) is 24.3 Å². The molecule has 2 aliphatic rings. The second-order valence-electron chi connectivity index (χ2n) is 5.65. The molecular weight excluding hydrogens is 242 g/mol. The molecule has 1 amide bonds. The average molecular weight is 261 g/mol. The van der Waals surface area contributed by atoms with Gasteiger partial charge in [-0.1, -0.05) is 12.1 Å². The average Bonchev–Trinajstić information content (AvgIpc) is 2.65. The van der Waals surface area contributed by atoms with Crippen molar-refractivity contribution in [3.8, 4) is 5.75 Å². The number of carbonyl (C=O) groups excluding carboxylic acids is 1. The molecule has 1 aromatic rings. The first-order valence-electron chi connectivity index (χ1n) is 6.90. The van der Waals surface area contributed by atoms with E-state index in [9.17, 15) is 15.0 Å². The highest BCUT2D eigenvalue weighted by molar-refractivity contribution is 5.80. The van der Waals surface area contributed by atoms with Crippen LogP contribution in [0.3, 0.4) is 0 Å². The van der Waals surface area contributed by atoms with Gasteiger partial charge >= 0.3 is 0 Å². The van der Waals surface area contributed by atoms with Crippen LogP contribution in [0.25, 0.3) is 0 Å². The molecule has 4 heteroatoms. The molecule has 2 N–H and O–H groups in total. The van der Waals surface area contributed by atoms with E-state index in [0.29, 0.717) is 6.42 Å². The summed E-state index contributed by atoms with van der Waals surface area (Å²) in [6.45, 7) is 0. The number of aliphatic hydroxyl groups excluding tert-OH is 1. The molecule has 4 nitrogen and oxygen atoms in total. The van der Waals surface area contributed by atoms with Crippen molar-refractivity contribution in [2.75, 3.05) is 0 Å². The van der Waals surface area contributed by atoms with Gasteiger partial charge in [-0.05, 0) is 43.4 Å². The highest BCUT2D eigenvalue weighted by Gasteiger charge is 2.42. The molecule has 2 bridgehead atoms. The zero-order valence-corrected chi connectivity index (χ0v) is 10.8. The minimum atomic E-state index is -0.241. The molecule has 19 heavy (non-hydrogen) atoms. The van der Waals surface area contributed by atoms with E-state index in [-0.39, 0.29) is 29.8 Å². The van der Waals surface area contributed by atoms with Crippen LogP contribution >= 0.6 is 0 Å². The molecule has 2 unspecified atom stereocenters. The maximum atomic E-state index is 12.4. The highest BCUT2D eigenvalue weighted by atomic mass is 16.3. The second kappa shape index (κ2) is 4.85. The third kappa shape index (κ3) is 2.45. The first-order chi connectivity index (χ1) is 9.13. The molecule has 2 atom stereocenters. The molecule has 0 aromatic heterocycles. The number of phenolic OH excluding ortho intramolecular Hbond substituents is 1. The van der Waals surface area contributed by atoms with Crippen molar-refractivity contribution in [2.45, 2.75) is 50.3 Å². The van der Waals surface area contributed by atoms with Gasteiger partial charge in [0.25, 0.3) is 0 Å². The van der Waals surface area contributed by atoms with Crippen LogP contribution in [0.5, 0.6) is 5.75 Å². The summed E-state index contributed by atoms with van der Waals surface area (Å²) >= 11 is 0. The third-order valence-corrected chi connectivity index (χ3v) is 4.29. The number of piperidine rings is 1. The van der Waals surface area contributed by atoms with Crippen molar-refractivity contribution >= 4 is 5.91 Å². The molecule has 2 fully saturated rings. The van der Waals surface area contributed by atoms with Crippen molar-refractivity contribution in [1.82, 2.24) is 4.90 Å². The number of phenols is 1. The molecule has 0 aliphatic carbocycles. The van der Waals surface area contributed by atoms with E-state index >= 15 is 0 Å². The Labute approximate surface area is 112 Å². The van der Waals surface area contributed by atoms with Crippen molar-refractivity contribution in [2.24, 2.45) is 0 Å². The maximum Gasteiger partial charge on any atom is 0.227 e. The SMILES string of the molecule is O=C(Cc1ccc(O)cc1)N1C2CCC1CC(O)C2. The summed E-state index contributed by atoms with van der Waals surface area (Å²) in [7, 11) is 0. The zero-order chi connectivity index (χ0) is 13.4. The van der Waals surface area contributed by atoms with Gasteiger partial charge in [-0.2, -0.15) is 0 Å². The van der Waals surface area contributed by atoms with E-state index in [1.165, 1.54) is 0 Å². The molecule has 0 spiro atoms. The fourth-order valence-corrected chi connectivity index (χ4v) is 3.44. The summed E-state index contributed by atoms with van der Waals surface area (Å²) in [4.78, 5) is 14.4. The van der Waals surface area contributed by atoms with Gasteiger partial charge in [0.1, 0.15) is 5.75 Å². The molecule has 3 rings (SSSR count). The number of fused-ring (bicyclic) bond motifs is 2. The summed E-state index contributed by atoms with van der Waals surface area (Å²) in [5.74, 6) is 0.363. The van der Waals surface area contributed by atoms with Gasteiger partial charge in [0, 0.05) is 12.1 Å². The van der Waals surface area contributed by atoms with Crippen LogP contribution in [0, 0.1) is 0 Å². The lowest BCUT2D eigenvalue weighted by atomic mass is 9.99. The van der Waals surface area contributed by atoms with Crippen LogP contribution in [-0.2, 0) is 11.2 Å². The maximum absolute atomic E-state index is 12.4. The number of benzene rings is 1. The molecule has 2 heterocycles. The lowest BCUT2D eigenvalue weighted by Crippen LogP contribution is -2.48. The zero-order valence-electron chi connectivity index (χ0n) is 10.8. The molecule has 0 radical (unpaired) electrons. The normalized spacial score (nSPS) is 29.5. The van der Waals surface area contributed by atoms with Crippen LogP contribution in [0.1, 0.15) is 31.2 Å². The van der Waals surface area contributed by atoms with Gasteiger partial charge in [-0.25, -0.2) is 0 Å². The number of carbonyl (C=O) groups is 1. The van der Waals surface area contributed by atoms with E-state index in [0.717, 1.165) is 31.2 Å². The summed E-state index contributed by atoms with van der Waals surface area (Å²) in [5.41, 5.74) is 0.924. The number of aliphatic hydroxyl groups is 1. The topological polar surface area (TPSA) is 60.8 Å². The minimum Gasteiger partial charge on any atom is -0.508 e. The fourth-order valence-electron chi connectivity index (χ4n) is 3.44. The smallest absolute Gasteiger partial charge is 0.227 e. The predicted molar refractivity (Wildman–Crippen MR) is 70.7 cm³/mol. The number of rotatable bonds is 2. The van der Waals surface area contributed by atoms with Gasteiger partial charge in [-0.3, -0.25) is 4.79 Å². The van der Waals surface area contributed by atoms with E-state index in [2.05, 4.69) is 0 Å². The van der Waals surface area contributed by atoms with Crippen LogP contribution in [0.15, 0.2) is 24.3 Å².